The average molecular weight is 210 g/mol. The predicted molar refractivity (Wildman–Crippen MR) is 62.2 cm³/mol. The Hall–Kier alpha value is -0.630. The Morgan fingerprint density at radius 2 is 2.14 bits per heavy atom. The minimum Gasteiger partial charge on any atom is -0.293 e. The van der Waals surface area contributed by atoms with E-state index in [9.17, 15) is 4.79 Å². The molecule has 14 heavy (non-hydrogen) atoms. The summed E-state index contributed by atoms with van der Waals surface area (Å²) >= 11 is 1.63. The van der Waals surface area contributed by atoms with Gasteiger partial charge >= 0.3 is 0 Å². The van der Waals surface area contributed by atoms with Gasteiger partial charge in [0.1, 0.15) is 0 Å². The van der Waals surface area contributed by atoms with Gasteiger partial charge in [-0.3, -0.25) is 4.79 Å². The van der Waals surface area contributed by atoms with Crippen LogP contribution < -0.4 is 0 Å². The summed E-state index contributed by atoms with van der Waals surface area (Å²) < 4.78 is 0. The second-order valence-corrected chi connectivity index (χ2v) is 5.16. The highest BCUT2D eigenvalue weighted by Crippen LogP contribution is 2.24. The molecule has 1 aromatic heterocycles. The van der Waals surface area contributed by atoms with Crippen LogP contribution in [-0.4, -0.2) is 5.78 Å². The van der Waals surface area contributed by atoms with Crippen LogP contribution >= 0.6 is 11.3 Å². The predicted octanol–water partition coefficient (Wildman–Crippen LogP) is 3.98. The smallest absolute Gasteiger partial charge is 0.175 e. The summed E-state index contributed by atoms with van der Waals surface area (Å²) in [5.41, 5.74) is 1.24. The van der Waals surface area contributed by atoms with Crippen LogP contribution in [0.5, 0.6) is 0 Å². The first-order valence-electron chi connectivity index (χ1n) is 5.17. The third-order valence-electron chi connectivity index (χ3n) is 2.58. The molecule has 0 spiro atoms. The van der Waals surface area contributed by atoms with Gasteiger partial charge in [-0.1, -0.05) is 20.3 Å². The second kappa shape index (κ2) is 4.74. The lowest BCUT2D eigenvalue weighted by Gasteiger charge is -2.06. The molecule has 1 heterocycles. The van der Waals surface area contributed by atoms with E-state index in [0.29, 0.717) is 5.78 Å². The molecule has 0 aliphatic rings. The normalized spacial score (nSPS) is 12.9. The maximum atomic E-state index is 11.9. The molecule has 0 aromatic carbocycles. The molecule has 1 aromatic rings. The highest BCUT2D eigenvalue weighted by atomic mass is 32.1. The topological polar surface area (TPSA) is 17.1 Å². The molecular formula is C12H18OS. The summed E-state index contributed by atoms with van der Waals surface area (Å²) in [7, 11) is 0. The number of hydrogen-bond donors (Lipinski definition) is 0. The second-order valence-electron chi connectivity index (χ2n) is 3.90. The van der Waals surface area contributed by atoms with Crippen LogP contribution in [0.4, 0.5) is 0 Å². The van der Waals surface area contributed by atoms with Gasteiger partial charge in [0.05, 0.1) is 4.88 Å². The third kappa shape index (κ3) is 2.44. The zero-order valence-electron chi connectivity index (χ0n) is 9.39. The van der Waals surface area contributed by atoms with E-state index in [2.05, 4.69) is 20.8 Å². The van der Waals surface area contributed by atoms with Crippen molar-refractivity contribution in [1.29, 1.82) is 0 Å². The Morgan fingerprint density at radius 1 is 1.50 bits per heavy atom. The van der Waals surface area contributed by atoms with E-state index in [1.807, 2.05) is 13.0 Å². The Bertz CT molecular complexity index is 306. The lowest BCUT2D eigenvalue weighted by Crippen LogP contribution is -2.09. The van der Waals surface area contributed by atoms with Gasteiger partial charge in [-0.05, 0) is 31.9 Å². The van der Waals surface area contributed by atoms with Crippen molar-refractivity contribution < 1.29 is 4.79 Å². The standard InChI is InChI=1S/C12H18OS/c1-5-6-8(2)12(13)11-7-9(3)10(4)14-11/h7-8H,5-6H2,1-4H3. The van der Waals surface area contributed by atoms with E-state index < -0.39 is 0 Å². The highest BCUT2D eigenvalue weighted by Gasteiger charge is 2.16. The van der Waals surface area contributed by atoms with E-state index in [4.69, 9.17) is 0 Å². The van der Waals surface area contributed by atoms with Crippen molar-refractivity contribution >= 4 is 17.1 Å². The average Bonchev–Trinajstić information content (AvgIpc) is 2.46. The number of hydrogen-bond acceptors (Lipinski definition) is 2. The molecule has 0 N–H and O–H groups in total. The van der Waals surface area contributed by atoms with Crippen molar-refractivity contribution in [3.05, 3.63) is 21.4 Å². The lowest BCUT2D eigenvalue weighted by atomic mass is 10.00. The van der Waals surface area contributed by atoms with Crippen LogP contribution in [0, 0.1) is 19.8 Å². The lowest BCUT2D eigenvalue weighted by molar-refractivity contribution is 0.0927. The Morgan fingerprint density at radius 3 is 2.57 bits per heavy atom. The summed E-state index contributed by atoms with van der Waals surface area (Å²) in [6.07, 6.45) is 2.07. The van der Waals surface area contributed by atoms with Crippen molar-refractivity contribution in [1.82, 2.24) is 0 Å². The van der Waals surface area contributed by atoms with Crippen LogP contribution in [0.1, 0.15) is 46.8 Å². The van der Waals surface area contributed by atoms with Crippen molar-refractivity contribution in [3.63, 3.8) is 0 Å². The number of rotatable bonds is 4. The summed E-state index contributed by atoms with van der Waals surface area (Å²) in [6.45, 7) is 8.28. The number of carbonyl (C=O) groups is 1. The first-order valence-corrected chi connectivity index (χ1v) is 5.99. The van der Waals surface area contributed by atoms with Gasteiger partial charge in [-0.2, -0.15) is 0 Å². The number of aryl methyl sites for hydroxylation is 2. The number of thiophene rings is 1. The molecule has 0 aliphatic heterocycles. The van der Waals surface area contributed by atoms with E-state index in [0.717, 1.165) is 17.7 Å². The van der Waals surface area contributed by atoms with E-state index in [1.54, 1.807) is 11.3 Å². The van der Waals surface area contributed by atoms with Gasteiger partial charge in [0.25, 0.3) is 0 Å². The van der Waals surface area contributed by atoms with E-state index in [-0.39, 0.29) is 5.92 Å². The first kappa shape index (κ1) is 11.4. The molecule has 0 radical (unpaired) electrons. The van der Waals surface area contributed by atoms with E-state index >= 15 is 0 Å². The molecule has 1 rings (SSSR count). The van der Waals surface area contributed by atoms with Gasteiger partial charge in [0, 0.05) is 10.8 Å². The molecule has 0 fully saturated rings. The minimum atomic E-state index is 0.178. The van der Waals surface area contributed by atoms with Crippen molar-refractivity contribution in [2.75, 3.05) is 0 Å². The molecule has 2 heteroatoms. The summed E-state index contributed by atoms with van der Waals surface area (Å²) in [5, 5.41) is 0. The minimum absolute atomic E-state index is 0.178. The molecule has 0 saturated heterocycles. The quantitative estimate of drug-likeness (QED) is 0.687. The maximum Gasteiger partial charge on any atom is 0.175 e. The van der Waals surface area contributed by atoms with Crippen molar-refractivity contribution in [3.8, 4) is 0 Å². The first-order chi connectivity index (χ1) is 6.56. The number of Topliss-reactive ketones (excluding diaryl/α,β-unsaturated/α-hetero) is 1. The van der Waals surface area contributed by atoms with Crippen LogP contribution in [0.15, 0.2) is 6.07 Å². The monoisotopic (exact) mass is 210 g/mol. The maximum absolute atomic E-state index is 11.9. The summed E-state index contributed by atoms with van der Waals surface area (Å²) in [4.78, 5) is 14.1. The van der Waals surface area contributed by atoms with Crippen LogP contribution in [0.3, 0.4) is 0 Å². The third-order valence-corrected chi connectivity index (χ3v) is 3.75. The van der Waals surface area contributed by atoms with Gasteiger partial charge < -0.3 is 0 Å². The van der Waals surface area contributed by atoms with Gasteiger partial charge in [-0.25, -0.2) is 0 Å². The zero-order chi connectivity index (χ0) is 10.7. The van der Waals surface area contributed by atoms with Gasteiger partial charge in [-0.15, -0.1) is 11.3 Å². The number of ketones is 1. The number of carbonyl (C=O) groups excluding carboxylic acids is 1. The van der Waals surface area contributed by atoms with Crippen LogP contribution in [0.2, 0.25) is 0 Å². The SMILES string of the molecule is CCCC(C)C(=O)c1cc(C)c(C)s1. The fourth-order valence-electron chi connectivity index (χ4n) is 1.50. The Balaban J connectivity index is 2.79. The van der Waals surface area contributed by atoms with Crippen LogP contribution in [0.25, 0.3) is 0 Å². The Kier molecular flexibility index (Phi) is 3.87. The molecule has 0 amide bonds. The molecule has 0 saturated carbocycles. The molecule has 1 unspecified atom stereocenters. The highest BCUT2D eigenvalue weighted by molar-refractivity contribution is 7.14. The summed E-state index contributed by atoms with van der Waals surface area (Å²) in [5.74, 6) is 0.491. The van der Waals surface area contributed by atoms with Gasteiger partial charge in [0.2, 0.25) is 0 Å². The molecule has 78 valence electrons. The van der Waals surface area contributed by atoms with E-state index in [1.165, 1.54) is 10.4 Å². The molecule has 1 nitrogen and oxygen atoms in total. The van der Waals surface area contributed by atoms with Gasteiger partial charge in [0.15, 0.2) is 5.78 Å². The largest absolute Gasteiger partial charge is 0.293 e. The Labute approximate surface area is 90.2 Å². The molecular weight excluding hydrogens is 192 g/mol. The molecule has 0 aliphatic carbocycles. The summed E-state index contributed by atoms with van der Waals surface area (Å²) in [6, 6.07) is 2.02. The van der Waals surface area contributed by atoms with Crippen molar-refractivity contribution in [2.24, 2.45) is 5.92 Å². The van der Waals surface area contributed by atoms with Crippen molar-refractivity contribution in [2.45, 2.75) is 40.5 Å². The van der Waals surface area contributed by atoms with Crippen LogP contribution in [-0.2, 0) is 0 Å². The molecule has 1 atom stereocenters. The fraction of sp³-hybridized carbons (Fsp3) is 0.583. The molecule has 0 bridgehead atoms. The zero-order valence-corrected chi connectivity index (χ0v) is 10.2. The fourth-order valence-corrected chi connectivity index (χ4v) is 2.59.